The van der Waals surface area contributed by atoms with Gasteiger partial charge in [-0.15, -0.1) is 0 Å². The summed E-state index contributed by atoms with van der Waals surface area (Å²) in [5.41, 5.74) is 7.39. The van der Waals surface area contributed by atoms with Crippen LogP contribution in [0.15, 0.2) is 18.2 Å². The number of rotatable bonds is 1. The molecule has 1 heterocycles. The fourth-order valence-electron chi connectivity index (χ4n) is 3.51. The molecule has 19 heavy (non-hydrogen) atoms. The molecule has 0 unspecified atom stereocenters. The van der Waals surface area contributed by atoms with Gasteiger partial charge >= 0.3 is 0 Å². The molecule has 3 rings (SSSR count). The first kappa shape index (κ1) is 12.6. The lowest BCUT2D eigenvalue weighted by Crippen LogP contribution is -2.33. The predicted octanol–water partition coefficient (Wildman–Crippen LogP) is 1.94. The second kappa shape index (κ2) is 4.60. The van der Waals surface area contributed by atoms with E-state index in [1.54, 1.807) is 13.0 Å². The number of carbonyl (C=O) groups excluding carboxylic acids is 1. The van der Waals surface area contributed by atoms with Crippen molar-refractivity contribution in [1.82, 2.24) is 4.90 Å². The van der Waals surface area contributed by atoms with Gasteiger partial charge in [-0.05, 0) is 55.4 Å². The van der Waals surface area contributed by atoms with Crippen LogP contribution in [0.1, 0.15) is 28.8 Å². The number of likely N-dealkylation sites (tertiary alicyclic amines) is 1. The lowest BCUT2D eigenvalue weighted by molar-refractivity contribution is 0.0779. The zero-order valence-electron chi connectivity index (χ0n) is 11.1. The number of hydrogen-bond donors (Lipinski definition) is 1. The number of nitrogens with zero attached hydrogens (tertiary/aromatic N) is 1. The van der Waals surface area contributed by atoms with Crippen molar-refractivity contribution in [3.8, 4) is 0 Å². The number of halogens is 1. The van der Waals surface area contributed by atoms with E-state index in [4.69, 9.17) is 5.73 Å². The highest BCUT2D eigenvalue weighted by Crippen LogP contribution is 2.37. The Morgan fingerprint density at radius 2 is 2.16 bits per heavy atom. The van der Waals surface area contributed by atoms with Gasteiger partial charge in [0.2, 0.25) is 0 Å². The molecule has 4 heteroatoms. The van der Waals surface area contributed by atoms with Gasteiger partial charge in [0.15, 0.2) is 0 Å². The van der Waals surface area contributed by atoms with Crippen LogP contribution in [-0.2, 0) is 0 Å². The summed E-state index contributed by atoms with van der Waals surface area (Å²) in [6.07, 6.45) is 2.20. The Hall–Kier alpha value is -1.42. The summed E-state index contributed by atoms with van der Waals surface area (Å²) < 4.78 is 13.1. The van der Waals surface area contributed by atoms with Crippen molar-refractivity contribution < 1.29 is 9.18 Å². The smallest absolute Gasteiger partial charge is 0.254 e. The third-order valence-corrected chi connectivity index (χ3v) is 4.62. The van der Waals surface area contributed by atoms with Crippen molar-refractivity contribution in [1.29, 1.82) is 0 Å². The van der Waals surface area contributed by atoms with E-state index in [2.05, 4.69) is 0 Å². The van der Waals surface area contributed by atoms with Crippen LogP contribution in [0.25, 0.3) is 0 Å². The summed E-state index contributed by atoms with van der Waals surface area (Å²) in [6.45, 7) is 3.33. The minimum absolute atomic E-state index is 0.0131. The van der Waals surface area contributed by atoms with Crippen molar-refractivity contribution in [2.45, 2.75) is 25.8 Å². The van der Waals surface area contributed by atoms with Crippen LogP contribution < -0.4 is 5.73 Å². The SMILES string of the molecule is Cc1cc(F)ccc1C(=O)N1C[C@@H]2CC[C@@H](N)[C@@H]2C1. The first-order chi connectivity index (χ1) is 9.06. The number of aryl methyl sites for hydroxylation is 1. The zero-order chi connectivity index (χ0) is 13.6. The Kier molecular flexibility index (Phi) is 3.05. The van der Waals surface area contributed by atoms with Crippen LogP contribution in [0.5, 0.6) is 0 Å². The van der Waals surface area contributed by atoms with Gasteiger partial charge in [0.1, 0.15) is 5.82 Å². The monoisotopic (exact) mass is 262 g/mol. The number of hydrogen-bond acceptors (Lipinski definition) is 2. The highest BCUT2D eigenvalue weighted by Gasteiger charge is 2.42. The molecule has 0 spiro atoms. The van der Waals surface area contributed by atoms with Gasteiger partial charge < -0.3 is 10.6 Å². The molecule has 102 valence electrons. The highest BCUT2D eigenvalue weighted by atomic mass is 19.1. The van der Waals surface area contributed by atoms with Crippen LogP contribution in [-0.4, -0.2) is 29.9 Å². The molecule has 0 radical (unpaired) electrons. The van der Waals surface area contributed by atoms with Gasteiger partial charge in [0.25, 0.3) is 5.91 Å². The Morgan fingerprint density at radius 3 is 2.84 bits per heavy atom. The number of nitrogens with two attached hydrogens (primary N) is 1. The first-order valence-electron chi connectivity index (χ1n) is 6.87. The van der Waals surface area contributed by atoms with E-state index >= 15 is 0 Å². The normalized spacial score (nSPS) is 29.6. The molecule has 1 aromatic carbocycles. The molecule has 1 saturated carbocycles. The maximum absolute atomic E-state index is 13.1. The van der Waals surface area contributed by atoms with Gasteiger partial charge in [0.05, 0.1) is 0 Å². The zero-order valence-corrected chi connectivity index (χ0v) is 11.1. The third kappa shape index (κ3) is 2.14. The Balaban J connectivity index is 1.78. The number of carbonyl (C=O) groups is 1. The highest BCUT2D eigenvalue weighted by molar-refractivity contribution is 5.95. The van der Waals surface area contributed by atoms with Gasteiger partial charge in [-0.3, -0.25) is 4.79 Å². The Morgan fingerprint density at radius 1 is 1.37 bits per heavy atom. The lowest BCUT2D eigenvalue weighted by atomic mass is 9.98. The molecule has 1 saturated heterocycles. The molecule has 3 atom stereocenters. The van der Waals surface area contributed by atoms with E-state index in [0.29, 0.717) is 23.0 Å². The number of fused-ring (bicyclic) bond motifs is 1. The topological polar surface area (TPSA) is 46.3 Å². The van der Waals surface area contributed by atoms with E-state index in [0.717, 1.165) is 25.9 Å². The largest absolute Gasteiger partial charge is 0.338 e. The third-order valence-electron chi connectivity index (χ3n) is 4.62. The van der Waals surface area contributed by atoms with Crippen LogP contribution in [0.4, 0.5) is 4.39 Å². The molecule has 0 aromatic heterocycles. The minimum Gasteiger partial charge on any atom is -0.338 e. The number of benzene rings is 1. The summed E-state index contributed by atoms with van der Waals surface area (Å²) in [4.78, 5) is 14.4. The molecule has 2 fully saturated rings. The molecule has 2 aliphatic rings. The molecule has 0 bridgehead atoms. The molecular formula is C15H19FN2O. The van der Waals surface area contributed by atoms with Crippen molar-refractivity contribution in [3.63, 3.8) is 0 Å². The molecular weight excluding hydrogens is 243 g/mol. The van der Waals surface area contributed by atoms with Crippen molar-refractivity contribution in [3.05, 3.63) is 35.1 Å². The van der Waals surface area contributed by atoms with Crippen LogP contribution >= 0.6 is 0 Å². The quantitative estimate of drug-likeness (QED) is 0.840. The minimum atomic E-state index is -0.297. The van der Waals surface area contributed by atoms with E-state index in [9.17, 15) is 9.18 Å². The Bertz CT molecular complexity index is 517. The standard InChI is InChI=1S/C15H19FN2O/c1-9-6-11(16)3-4-12(9)15(19)18-7-10-2-5-14(17)13(10)8-18/h3-4,6,10,13-14H,2,5,7-8,17H2,1H3/t10-,13+,14+/m0/s1. The van der Waals surface area contributed by atoms with E-state index in [1.807, 2.05) is 4.90 Å². The molecule has 1 aliphatic heterocycles. The van der Waals surface area contributed by atoms with Crippen molar-refractivity contribution in [2.24, 2.45) is 17.6 Å². The van der Waals surface area contributed by atoms with E-state index < -0.39 is 0 Å². The molecule has 1 aliphatic carbocycles. The average molecular weight is 262 g/mol. The van der Waals surface area contributed by atoms with Crippen molar-refractivity contribution >= 4 is 5.91 Å². The van der Waals surface area contributed by atoms with E-state index in [1.165, 1.54) is 12.1 Å². The molecule has 2 N–H and O–H groups in total. The second-order valence-electron chi connectivity index (χ2n) is 5.83. The van der Waals surface area contributed by atoms with Crippen LogP contribution in [0, 0.1) is 24.6 Å². The van der Waals surface area contributed by atoms with Crippen LogP contribution in [0.3, 0.4) is 0 Å². The summed E-state index contributed by atoms with van der Waals surface area (Å²) in [6, 6.07) is 4.58. The van der Waals surface area contributed by atoms with Gasteiger partial charge in [0, 0.05) is 24.7 Å². The summed E-state index contributed by atoms with van der Waals surface area (Å²) in [5, 5.41) is 0. The van der Waals surface area contributed by atoms with Gasteiger partial charge in [-0.25, -0.2) is 4.39 Å². The molecule has 3 nitrogen and oxygen atoms in total. The maximum atomic E-state index is 13.1. The second-order valence-corrected chi connectivity index (χ2v) is 5.83. The van der Waals surface area contributed by atoms with E-state index in [-0.39, 0.29) is 17.8 Å². The Labute approximate surface area is 112 Å². The summed E-state index contributed by atoms with van der Waals surface area (Å²) in [5.74, 6) is 0.720. The fourth-order valence-corrected chi connectivity index (χ4v) is 3.51. The number of amides is 1. The maximum Gasteiger partial charge on any atom is 0.254 e. The van der Waals surface area contributed by atoms with Crippen LogP contribution in [0.2, 0.25) is 0 Å². The average Bonchev–Trinajstić information content (AvgIpc) is 2.91. The summed E-state index contributed by atoms with van der Waals surface area (Å²) >= 11 is 0. The van der Waals surface area contributed by atoms with Gasteiger partial charge in [-0.2, -0.15) is 0 Å². The van der Waals surface area contributed by atoms with Crippen molar-refractivity contribution in [2.75, 3.05) is 13.1 Å². The fraction of sp³-hybridized carbons (Fsp3) is 0.533. The van der Waals surface area contributed by atoms with Gasteiger partial charge in [-0.1, -0.05) is 0 Å². The summed E-state index contributed by atoms with van der Waals surface area (Å²) in [7, 11) is 0. The molecule has 1 aromatic rings. The lowest BCUT2D eigenvalue weighted by Gasteiger charge is -2.19. The first-order valence-corrected chi connectivity index (χ1v) is 6.87. The predicted molar refractivity (Wildman–Crippen MR) is 71.2 cm³/mol. The molecule has 1 amide bonds.